The molecule has 1 unspecified atom stereocenters. The Bertz CT molecular complexity index is 1470. The van der Waals surface area contributed by atoms with Crippen LogP contribution in [0.1, 0.15) is 92.6 Å². The SMILES string of the molecule is C[C@@H]1C[C@H](CC[C@@H]2O[C@@H](CCCO[Si](c3ccccc3)(c3ccccc3)C(C)(C)C)CC2O)O[C@H](CO[Si](C)(C)C(C)(C)C)[C@H]1OCc1ccccc1. The van der Waals surface area contributed by atoms with E-state index in [1.54, 1.807) is 0 Å². The van der Waals surface area contributed by atoms with Crippen LogP contribution in [0.15, 0.2) is 91.0 Å². The summed E-state index contributed by atoms with van der Waals surface area (Å²) in [4.78, 5) is 0. The Kier molecular flexibility index (Phi) is 14.4. The highest BCUT2D eigenvalue weighted by molar-refractivity contribution is 6.99. The molecule has 2 saturated heterocycles. The maximum atomic E-state index is 11.1. The van der Waals surface area contributed by atoms with Crippen LogP contribution < -0.4 is 10.4 Å². The van der Waals surface area contributed by atoms with E-state index in [0.717, 1.165) is 32.1 Å². The topological polar surface area (TPSA) is 66.4 Å². The number of hydrogen-bond donors (Lipinski definition) is 1. The van der Waals surface area contributed by atoms with Crippen molar-refractivity contribution in [2.75, 3.05) is 13.2 Å². The zero-order valence-corrected chi connectivity index (χ0v) is 36.1. The van der Waals surface area contributed by atoms with Crippen LogP contribution in [0.25, 0.3) is 0 Å². The smallest absolute Gasteiger partial charge is 0.261 e. The fraction of sp³-hybridized carbons (Fsp3) is 0.600. The Morgan fingerprint density at radius 3 is 1.79 bits per heavy atom. The van der Waals surface area contributed by atoms with Crippen LogP contribution in [0.2, 0.25) is 23.2 Å². The first-order valence-corrected chi connectivity index (χ1v) is 25.0. The van der Waals surface area contributed by atoms with Gasteiger partial charge < -0.3 is 28.2 Å². The summed E-state index contributed by atoms with van der Waals surface area (Å²) in [5.41, 5.74) is 1.17. The predicted octanol–water partition coefficient (Wildman–Crippen LogP) is 9.04. The predicted molar refractivity (Wildman–Crippen MR) is 222 cm³/mol. The highest BCUT2D eigenvalue weighted by Crippen LogP contribution is 2.39. The van der Waals surface area contributed by atoms with Crippen LogP contribution in [-0.4, -0.2) is 71.6 Å². The molecule has 53 heavy (non-hydrogen) atoms. The Labute approximate surface area is 323 Å². The minimum Gasteiger partial charge on any atom is -0.414 e. The van der Waals surface area contributed by atoms with Crippen molar-refractivity contribution in [1.29, 1.82) is 0 Å². The van der Waals surface area contributed by atoms with Crippen molar-refractivity contribution in [2.24, 2.45) is 5.92 Å². The van der Waals surface area contributed by atoms with Crippen molar-refractivity contribution in [3.63, 3.8) is 0 Å². The second kappa shape index (κ2) is 18.2. The van der Waals surface area contributed by atoms with Gasteiger partial charge in [-0.05, 0) is 77.1 Å². The molecule has 292 valence electrons. The van der Waals surface area contributed by atoms with Gasteiger partial charge in [0.25, 0.3) is 8.32 Å². The van der Waals surface area contributed by atoms with E-state index >= 15 is 0 Å². The van der Waals surface area contributed by atoms with E-state index in [9.17, 15) is 5.11 Å². The van der Waals surface area contributed by atoms with Crippen molar-refractivity contribution in [2.45, 2.75) is 153 Å². The molecule has 0 amide bonds. The lowest BCUT2D eigenvalue weighted by Gasteiger charge is -2.43. The first-order chi connectivity index (χ1) is 25.1. The third-order valence-electron chi connectivity index (χ3n) is 12.1. The second-order valence-corrected chi connectivity index (χ2v) is 27.3. The first-order valence-electron chi connectivity index (χ1n) is 20.1. The minimum absolute atomic E-state index is 0.0328. The summed E-state index contributed by atoms with van der Waals surface area (Å²) in [7, 11) is -4.54. The van der Waals surface area contributed by atoms with Crippen LogP contribution in [0.3, 0.4) is 0 Å². The van der Waals surface area contributed by atoms with Crippen LogP contribution in [0.5, 0.6) is 0 Å². The van der Waals surface area contributed by atoms with Crippen LogP contribution in [0.4, 0.5) is 0 Å². The van der Waals surface area contributed by atoms with Crippen LogP contribution >= 0.6 is 0 Å². The molecule has 2 heterocycles. The van der Waals surface area contributed by atoms with Crippen molar-refractivity contribution in [1.82, 2.24) is 0 Å². The molecule has 3 aromatic carbocycles. The summed E-state index contributed by atoms with van der Waals surface area (Å²) in [6.07, 6.45) is 4.26. The van der Waals surface area contributed by atoms with E-state index in [4.69, 9.17) is 23.1 Å². The molecule has 0 bridgehead atoms. The number of aliphatic hydroxyl groups is 1. The summed E-state index contributed by atoms with van der Waals surface area (Å²) in [5.74, 6) is 0.322. The third kappa shape index (κ3) is 10.6. The number of aliphatic hydroxyl groups excluding tert-OH is 1. The van der Waals surface area contributed by atoms with Gasteiger partial charge in [-0.1, -0.05) is 139 Å². The van der Waals surface area contributed by atoms with Gasteiger partial charge in [-0.25, -0.2) is 0 Å². The molecule has 3 aromatic rings. The number of rotatable bonds is 16. The summed E-state index contributed by atoms with van der Waals surface area (Å²) in [6, 6.07) is 32.0. The average molecular weight is 761 g/mol. The third-order valence-corrected chi connectivity index (χ3v) is 21.7. The lowest BCUT2D eigenvalue weighted by atomic mass is 9.88. The molecule has 5 rings (SSSR count). The molecular formula is C45H68O6Si2. The maximum absolute atomic E-state index is 11.1. The van der Waals surface area contributed by atoms with Gasteiger partial charge >= 0.3 is 0 Å². The summed E-state index contributed by atoms with van der Waals surface area (Å²) < 4.78 is 33.8. The van der Waals surface area contributed by atoms with Gasteiger partial charge in [0.05, 0.1) is 43.7 Å². The molecule has 0 saturated carbocycles. The highest BCUT2D eigenvalue weighted by atomic mass is 28.4. The molecule has 0 radical (unpaired) electrons. The average Bonchev–Trinajstić information content (AvgIpc) is 3.48. The zero-order chi connectivity index (χ0) is 38.3. The van der Waals surface area contributed by atoms with Gasteiger partial charge in [0, 0.05) is 13.0 Å². The van der Waals surface area contributed by atoms with Crippen LogP contribution in [-0.2, 0) is 29.7 Å². The van der Waals surface area contributed by atoms with E-state index < -0.39 is 22.7 Å². The first kappa shape index (κ1) is 42.0. The van der Waals surface area contributed by atoms with Gasteiger partial charge in [-0.15, -0.1) is 0 Å². The largest absolute Gasteiger partial charge is 0.414 e. The molecule has 0 spiro atoms. The summed E-state index contributed by atoms with van der Waals surface area (Å²) >= 11 is 0. The number of benzene rings is 3. The monoisotopic (exact) mass is 760 g/mol. The van der Waals surface area contributed by atoms with Crippen molar-refractivity contribution < 1.29 is 28.2 Å². The number of ether oxygens (including phenoxy) is 3. The lowest BCUT2D eigenvalue weighted by molar-refractivity contribution is -0.180. The zero-order valence-electron chi connectivity index (χ0n) is 34.1. The van der Waals surface area contributed by atoms with Gasteiger partial charge in [0.2, 0.25) is 0 Å². The molecule has 1 N–H and O–H groups in total. The molecule has 2 aliphatic rings. The Balaban J connectivity index is 1.16. The molecule has 0 aliphatic carbocycles. The molecule has 8 heteroatoms. The van der Waals surface area contributed by atoms with E-state index in [1.807, 2.05) is 6.07 Å². The molecule has 0 aromatic heterocycles. The van der Waals surface area contributed by atoms with Gasteiger partial charge in [0.1, 0.15) is 6.10 Å². The fourth-order valence-electron chi connectivity index (χ4n) is 8.07. The van der Waals surface area contributed by atoms with E-state index in [0.29, 0.717) is 32.2 Å². The van der Waals surface area contributed by atoms with Gasteiger partial charge in [-0.3, -0.25) is 0 Å². The maximum Gasteiger partial charge on any atom is 0.261 e. The quantitative estimate of drug-likeness (QED) is 0.116. The standard InChI is InChI=1S/C45H68O6Si2/c1-34-30-37(51-42(33-49-52(8,9)44(2,3)4)43(34)47-32-35-20-13-10-14-21-35)27-28-41-40(46)31-36(50-41)22-19-29-48-53(45(5,6)7,38-23-15-11-16-24-38)39-25-17-12-18-26-39/h10-18,20-21,23-26,34,36-37,40-43,46H,19,22,27-33H2,1-9H3/t34-,36+,37+,40?,41+,42-,43+/m1/s1. The van der Waals surface area contributed by atoms with Crippen molar-refractivity contribution >= 4 is 27.0 Å². The molecule has 2 aliphatic heterocycles. The minimum atomic E-state index is -2.57. The Morgan fingerprint density at radius 2 is 1.23 bits per heavy atom. The molecule has 2 fully saturated rings. The molecule has 7 atom stereocenters. The molecular weight excluding hydrogens is 693 g/mol. The Morgan fingerprint density at radius 1 is 0.679 bits per heavy atom. The normalized spacial score (nSPS) is 25.8. The number of hydrogen-bond acceptors (Lipinski definition) is 6. The highest BCUT2D eigenvalue weighted by Gasteiger charge is 2.50. The van der Waals surface area contributed by atoms with E-state index in [-0.39, 0.29) is 40.6 Å². The van der Waals surface area contributed by atoms with Crippen molar-refractivity contribution in [3.8, 4) is 0 Å². The van der Waals surface area contributed by atoms with Crippen LogP contribution in [0, 0.1) is 5.92 Å². The van der Waals surface area contributed by atoms with Gasteiger partial charge in [-0.2, -0.15) is 0 Å². The lowest BCUT2D eigenvalue weighted by Crippen LogP contribution is -2.66. The fourth-order valence-corrected chi connectivity index (χ4v) is 13.7. The van der Waals surface area contributed by atoms with Gasteiger partial charge in [0.15, 0.2) is 8.32 Å². The molecule has 6 nitrogen and oxygen atoms in total. The summed E-state index contributed by atoms with van der Waals surface area (Å²) in [5, 5.41) is 13.8. The van der Waals surface area contributed by atoms with E-state index in [2.05, 4.69) is 146 Å². The van der Waals surface area contributed by atoms with E-state index in [1.165, 1.54) is 15.9 Å². The van der Waals surface area contributed by atoms with Crippen molar-refractivity contribution in [3.05, 3.63) is 96.6 Å². The second-order valence-electron chi connectivity index (χ2n) is 18.2. The Hall–Kier alpha value is -2.15. The summed E-state index contributed by atoms with van der Waals surface area (Å²) in [6.45, 7) is 22.4.